The van der Waals surface area contributed by atoms with Gasteiger partial charge in [0.2, 0.25) is 10.0 Å². The number of nitrogens with one attached hydrogen (secondary N) is 2. The highest BCUT2D eigenvalue weighted by molar-refractivity contribution is 7.89. The van der Waals surface area contributed by atoms with Crippen molar-refractivity contribution in [2.45, 2.75) is 43.7 Å². The summed E-state index contributed by atoms with van der Waals surface area (Å²) < 4.78 is 32.6. The van der Waals surface area contributed by atoms with Gasteiger partial charge in [0.15, 0.2) is 0 Å². The third-order valence-electron chi connectivity index (χ3n) is 3.84. The summed E-state index contributed by atoms with van der Waals surface area (Å²) in [5.74, 6) is -0.549. The summed E-state index contributed by atoms with van der Waals surface area (Å²) in [6.07, 6.45) is 1.49. The molecule has 1 aliphatic heterocycles. The molecule has 2 unspecified atom stereocenters. The largest absolute Gasteiger partial charge is 0.465 e. The van der Waals surface area contributed by atoms with Crippen LogP contribution in [0.15, 0.2) is 23.1 Å². The predicted molar refractivity (Wildman–Crippen MR) is 90.6 cm³/mol. The zero-order valence-corrected chi connectivity index (χ0v) is 15.1. The Labute approximate surface area is 143 Å². The molecule has 0 spiro atoms. The average Bonchev–Trinajstić information content (AvgIpc) is 2.46. The van der Waals surface area contributed by atoms with Gasteiger partial charge in [-0.1, -0.05) is 6.07 Å². The Bertz CT molecular complexity index is 663. The smallest absolute Gasteiger partial charge is 0.337 e. The summed E-state index contributed by atoms with van der Waals surface area (Å²) in [6.45, 7) is 4.53. The Morgan fingerprint density at radius 1 is 1.39 bits per heavy atom. The summed E-state index contributed by atoms with van der Waals surface area (Å²) in [7, 11) is -2.39. The van der Waals surface area contributed by atoms with E-state index in [-0.39, 0.29) is 34.9 Å². The van der Waals surface area contributed by atoms with Crippen molar-refractivity contribution < 1.29 is 17.9 Å². The van der Waals surface area contributed by atoms with Gasteiger partial charge in [-0.2, -0.15) is 0 Å². The van der Waals surface area contributed by atoms with E-state index in [1.165, 1.54) is 13.2 Å². The Morgan fingerprint density at radius 2 is 2.09 bits per heavy atom. The number of rotatable bonds is 4. The number of aryl methyl sites for hydroxylation is 1. The number of hydrogen-bond acceptors (Lipinski definition) is 5. The molecule has 1 aromatic rings. The molecule has 0 aromatic heterocycles. The zero-order chi connectivity index (χ0) is 16.3. The first-order valence-corrected chi connectivity index (χ1v) is 8.76. The molecule has 2 N–H and O–H groups in total. The van der Waals surface area contributed by atoms with Crippen LogP contribution in [0.3, 0.4) is 0 Å². The molecule has 2 atom stereocenters. The molecule has 0 saturated carbocycles. The number of methoxy groups -OCH3 is 1. The second-order valence-corrected chi connectivity index (χ2v) is 7.35. The minimum absolute atomic E-state index is 0. The number of carbonyl (C=O) groups excluding carboxylic acids is 1. The van der Waals surface area contributed by atoms with Gasteiger partial charge >= 0.3 is 5.97 Å². The molecular formula is C15H23ClN2O4S. The zero-order valence-electron chi connectivity index (χ0n) is 13.5. The third-order valence-corrected chi connectivity index (χ3v) is 5.51. The molecule has 2 rings (SSSR count). The fraction of sp³-hybridized carbons (Fsp3) is 0.533. The average molecular weight is 363 g/mol. The number of esters is 1. The number of benzene rings is 1. The fourth-order valence-electron chi connectivity index (χ4n) is 2.66. The van der Waals surface area contributed by atoms with Crippen LogP contribution in [0.5, 0.6) is 0 Å². The molecule has 1 aliphatic rings. The minimum atomic E-state index is -3.66. The highest BCUT2D eigenvalue weighted by Gasteiger charge is 2.26. The van der Waals surface area contributed by atoms with Gasteiger partial charge < -0.3 is 10.1 Å². The molecule has 1 saturated heterocycles. The maximum atomic E-state index is 12.6. The van der Waals surface area contributed by atoms with E-state index in [0.717, 1.165) is 19.4 Å². The number of ether oxygens (including phenoxy) is 1. The molecule has 8 heteroatoms. The van der Waals surface area contributed by atoms with Crippen molar-refractivity contribution in [3.8, 4) is 0 Å². The summed E-state index contributed by atoms with van der Waals surface area (Å²) in [4.78, 5) is 11.7. The van der Waals surface area contributed by atoms with Crippen molar-refractivity contribution in [1.29, 1.82) is 0 Å². The van der Waals surface area contributed by atoms with Crippen molar-refractivity contribution in [2.75, 3.05) is 13.7 Å². The second kappa shape index (κ2) is 8.10. The topological polar surface area (TPSA) is 84.5 Å². The SMILES string of the molecule is COC(=O)c1ccc(C)c(S(=O)(=O)NC2CCNC(C)C2)c1.Cl. The lowest BCUT2D eigenvalue weighted by molar-refractivity contribution is 0.0600. The van der Waals surface area contributed by atoms with Gasteiger partial charge in [0.1, 0.15) is 0 Å². The van der Waals surface area contributed by atoms with E-state index in [1.807, 2.05) is 6.92 Å². The van der Waals surface area contributed by atoms with Crippen LogP contribution in [0.4, 0.5) is 0 Å². The van der Waals surface area contributed by atoms with E-state index in [2.05, 4.69) is 14.8 Å². The highest BCUT2D eigenvalue weighted by Crippen LogP contribution is 2.20. The second-order valence-electron chi connectivity index (χ2n) is 5.67. The van der Waals surface area contributed by atoms with Gasteiger partial charge in [-0.15, -0.1) is 12.4 Å². The molecule has 0 amide bonds. The van der Waals surface area contributed by atoms with Gasteiger partial charge in [-0.05, 0) is 50.9 Å². The fourth-order valence-corrected chi connectivity index (χ4v) is 4.21. The lowest BCUT2D eigenvalue weighted by atomic mass is 10.0. The normalized spacial score (nSPS) is 21.3. The molecule has 1 heterocycles. The molecule has 0 radical (unpaired) electrons. The monoisotopic (exact) mass is 362 g/mol. The van der Waals surface area contributed by atoms with Crippen LogP contribution >= 0.6 is 12.4 Å². The van der Waals surface area contributed by atoms with Crippen LogP contribution in [-0.2, 0) is 14.8 Å². The van der Waals surface area contributed by atoms with Gasteiger partial charge in [-0.25, -0.2) is 17.9 Å². The molecule has 6 nitrogen and oxygen atoms in total. The molecule has 1 aromatic carbocycles. The Kier molecular flexibility index (Phi) is 7.01. The van der Waals surface area contributed by atoms with Crippen molar-refractivity contribution >= 4 is 28.4 Å². The first-order valence-electron chi connectivity index (χ1n) is 7.28. The molecule has 130 valence electrons. The number of hydrogen-bond donors (Lipinski definition) is 2. The quantitative estimate of drug-likeness (QED) is 0.795. The maximum Gasteiger partial charge on any atom is 0.337 e. The van der Waals surface area contributed by atoms with E-state index >= 15 is 0 Å². The van der Waals surface area contributed by atoms with Crippen molar-refractivity contribution in [2.24, 2.45) is 0 Å². The van der Waals surface area contributed by atoms with E-state index in [1.54, 1.807) is 19.1 Å². The number of halogens is 1. The van der Waals surface area contributed by atoms with Crippen molar-refractivity contribution in [3.63, 3.8) is 0 Å². The summed E-state index contributed by atoms with van der Waals surface area (Å²) in [5, 5.41) is 3.28. The minimum Gasteiger partial charge on any atom is -0.465 e. The van der Waals surface area contributed by atoms with Crippen LogP contribution in [-0.4, -0.2) is 40.1 Å². The number of sulfonamides is 1. The van der Waals surface area contributed by atoms with E-state index in [4.69, 9.17) is 0 Å². The van der Waals surface area contributed by atoms with Crippen molar-refractivity contribution in [3.05, 3.63) is 29.3 Å². The molecule has 0 aliphatic carbocycles. The molecule has 23 heavy (non-hydrogen) atoms. The van der Waals surface area contributed by atoms with Crippen LogP contribution in [0, 0.1) is 6.92 Å². The third kappa shape index (κ3) is 4.91. The highest BCUT2D eigenvalue weighted by atomic mass is 35.5. The van der Waals surface area contributed by atoms with Gasteiger partial charge in [0, 0.05) is 12.1 Å². The first-order chi connectivity index (χ1) is 10.3. The lowest BCUT2D eigenvalue weighted by Gasteiger charge is -2.28. The Hall–Kier alpha value is -1.15. The Morgan fingerprint density at radius 3 is 2.70 bits per heavy atom. The first kappa shape index (κ1) is 19.9. The van der Waals surface area contributed by atoms with Crippen LogP contribution in [0.2, 0.25) is 0 Å². The van der Waals surface area contributed by atoms with Gasteiger partial charge in [-0.3, -0.25) is 0 Å². The van der Waals surface area contributed by atoms with E-state index in [9.17, 15) is 13.2 Å². The number of carbonyl (C=O) groups is 1. The maximum absolute atomic E-state index is 12.6. The van der Waals surface area contributed by atoms with E-state index in [0.29, 0.717) is 5.56 Å². The Balaban J connectivity index is 0.00000264. The predicted octanol–water partition coefficient (Wildman–Crippen LogP) is 1.62. The number of piperidine rings is 1. The van der Waals surface area contributed by atoms with E-state index < -0.39 is 16.0 Å². The van der Waals surface area contributed by atoms with Crippen LogP contribution in [0.1, 0.15) is 35.7 Å². The molecule has 0 bridgehead atoms. The molecular weight excluding hydrogens is 340 g/mol. The van der Waals surface area contributed by atoms with Gasteiger partial charge in [0.05, 0.1) is 17.6 Å². The summed E-state index contributed by atoms with van der Waals surface area (Å²) >= 11 is 0. The summed E-state index contributed by atoms with van der Waals surface area (Å²) in [5.41, 5.74) is 0.828. The van der Waals surface area contributed by atoms with Gasteiger partial charge in [0.25, 0.3) is 0 Å². The van der Waals surface area contributed by atoms with Crippen LogP contribution < -0.4 is 10.0 Å². The molecule has 1 fully saturated rings. The van der Waals surface area contributed by atoms with Crippen LogP contribution in [0.25, 0.3) is 0 Å². The summed E-state index contributed by atoms with van der Waals surface area (Å²) in [6, 6.07) is 4.73. The standard InChI is InChI=1S/C15H22N2O4S.ClH/c1-10-4-5-12(15(18)21-3)9-14(10)22(19,20)17-13-6-7-16-11(2)8-13;/h4-5,9,11,13,16-17H,6-8H2,1-3H3;1H. The lowest BCUT2D eigenvalue weighted by Crippen LogP contribution is -2.46. The van der Waals surface area contributed by atoms with Crippen molar-refractivity contribution in [1.82, 2.24) is 10.0 Å².